The molecule has 0 bridgehead atoms. The molecule has 1 aliphatic carbocycles. The van der Waals surface area contributed by atoms with Crippen molar-refractivity contribution in [1.29, 1.82) is 0 Å². The molecule has 0 saturated carbocycles. The van der Waals surface area contributed by atoms with Crippen molar-refractivity contribution in [2.24, 2.45) is 11.1 Å². The fourth-order valence-corrected chi connectivity index (χ4v) is 0.839. The molecule has 0 aromatic rings. The summed E-state index contributed by atoms with van der Waals surface area (Å²) in [5.74, 6) is -0.921. The molecular formula is C7H11NO2. The summed E-state index contributed by atoms with van der Waals surface area (Å²) in [4.78, 5) is 10.3. The summed E-state index contributed by atoms with van der Waals surface area (Å²) in [5.41, 5.74) is 5.30. The van der Waals surface area contributed by atoms with Gasteiger partial charge in [-0.05, 0) is 6.42 Å². The van der Waals surface area contributed by atoms with Gasteiger partial charge in [-0.25, -0.2) is 0 Å². The van der Waals surface area contributed by atoms with Crippen LogP contribution in [0.5, 0.6) is 0 Å². The summed E-state index contributed by atoms with van der Waals surface area (Å²) in [6.07, 6.45) is 4.45. The highest BCUT2D eigenvalue weighted by Crippen LogP contribution is 2.37. The quantitative estimate of drug-likeness (QED) is 0.558. The van der Waals surface area contributed by atoms with Gasteiger partial charge < -0.3 is 10.8 Å². The molecule has 3 N–H and O–H groups in total. The van der Waals surface area contributed by atoms with Crippen molar-refractivity contribution in [3.05, 3.63) is 12.2 Å². The molecule has 10 heavy (non-hydrogen) atoms. The van der Waals surface area contributed by atoms with E-state index in [1.807, 2.05) is 19.1 Å². The van der Waals surface area contributed by atoms with E-state index in [0.29, 0.717) is 6.42 Å². The third-order valence-corrected chi connectivity index (χ3v) is 1.71. The normalized spacial score (nSPS) is 22.2. The van der Waals surface area contributed by atoms with Crippen molar-refractivity contribution in [1.82, 2.24) is 0 Å². The Morgan fingerprint density at radius 1 is 1.80 bits per heavy atom. The Hall–Kier alpha value is -0.830. The third kappa shape index (κ3) is 1.57. The van der Waals surface area contributed by atoms with Crippen molar-refractivity contribution in [3.63, 3.8) is 0 Å². The van der Waals surface area contributed by atoms with Gasteiger partial charge in [-0.1, -0.05) is 19.1 Å². The monoisotopic (exact) mass is 141 g/mol. The molecule has 0 amide bonds. The Morgan fingerprint density at radius 3 is 2.60 bits per heavy atom. The minimum atomic E-state index is -0.921. The van der Waals surface area contributed by atoms with Crippen LogP contribution >= 0.6 is 0 Å². The molecular weight excluding hydrogens is 130 g/mol. The second-order valence-corrected chi connectivity index (χ2v) is 2.99. The molecule has 0 spiro atoms. The fourth-order valence-electron chi connectivity index (χ4n) is 0.839. The van der Waals surface area contributed by atoms with Crippen LogP contribution in [0.3, 0.4) is 0 Å². The molecule has 0 aromatic carbocycles. The number of hydrogen-bond acceptors (Lipinski definition) is 2. The second kappa shape index (κ2) is 2.09. The molecule has 0 radical (unpaired) electrons. The van der Waals surface area contributed by atoms with Crippen molar-refractivity contribution in [3.8, 4) is 0 Å². The van der Waals surface area contributed by atoms with Gasteiger partial charge in [-0.3, -0.25) is 4.79 Å². The average molecular weight is 141 g/mol. The predicted octanol–water partition coefficient (Wildman–Crippen LogP) is 0.365. The van der Waals surface area contributed by atoms with Gasteiger partial charge in [0.05, 0.1) is 0 Å². The van der Waals surface area contributed by atoms with Gasteiger partial charge in [0.2, 0.25) is 0 Å². The summed E-state index contributed by atoms with van der Waals surface area (Å²) in [6, 6.07) is -0.722. The van der Waals surface area contributed by atoms with E-state index < -0.39 is 12.0 Å². The van der Waals surface area contributed by atoms with Crippen molar-refractivity contribution < 1.29 is 9.90 Å². The zero-order valence-corrected chi connectivity index (χ0v) is 5.87. The Kier molecular flexibility index (Phi) is 1.52. The lowest BCUT2D eigenvalue weighted by molar-refractivity contribution is -0.138. The van der Waals surface area contributed by atoms with Crippen LogP contribution in [0.25, 0.3) is 0 Å². The Morgan fingerprint density at radius 2 is 2.30 bits per heavy atom. The van der Waals surface area contributed by atoms with Gasteiger partial charge in [-0.15, -0.1) is 0 Å². The highest BCUT2D eigenvalue weighted by molar-refractivity contribution is 5.73. The van der Waals surface area contributed by atoms with Gasteiger partial charge in [0.15, 0.2) is 0 Å². The van der Waals surface area contributed by atoms with E-state index in [4.69, 9.17) is 10.8 Å². The summed E-state index contributed by atoms with van der Waals surface area (Å²) < 4.78 is 0. The maximum atomic E-state index is 10.3. The molecule has 1 rings (SSSR count). The molecule has 56 valence electrons. The van der Waals surface area contributed by atoms with Crippen molar-refractivity contribution in [2.75, 3.05) is 0 Å². The van der Waals surface area contributed by atoms with Gasteiger partial charge in [-0.2, -0.15) is 0 Å². The first-order valence-electron chi connectivity index (χ1n) is 3.22. The average Bonchev–Trinajstić information content (AvgIpc) is 2.47. The lowest BCUT2D eigenvalue weighted by Crippen LogP contribution is -2.32. The van der Waals surface area contributed by atoms with E-state index in [-0.39, 0.29) is 5.41 Å². The lowest BCUT2D eigenvalue weighted by atomic mass is 9.98. The van der Waals surface area contributed by atoms with E-state index in [9.17, 15) is 4.79 Å². The molecule has 0 aliphatic heterocycles. The van der Waals surface area contributed by atoms with Crippen molar-refractivity contribution in [2.45, 2.75) is 19.4 Å². The van der Waals surface area contributed by atoms with Crippen LogP contribution in [0, 0.1) is 5.41 Å². The molecule has 0 fully saturated rings. The van der Waals surface area contributed by atoms with E-state index in [0.717, 1.165) is 0 Å². The SMILES string of the molecule is CC1(C[C@H](N)C(=O)O)C=C1. The first-order chi connectivity index (χ1) is 4.53. The van der Waals surface area contributed by atoms with Crippen LogP contribution in [0.2, 0.25) is 0 Å². The van der Waals surface area contributed by atoms with Crippen LogP contribution in [0.15, 0.2) is 12.2 Å². The second-order valence-electron chi connectivity index (χ2n) is 2.99. The Labute approximate surface area is 59.5 Å². The molecule has 0 unspecified atom stereocenters. The summed E-state index contributed by atoms with van der Waals surface area (Å²) in [6.45, 7) is 1.97. The van der Waals surface area contributed by atoms with Gasteiger partial charge in [0.1, 0.15) is 6.04 Å². The van der Waals surface area contributed by atoms with E-state index in [1.165, 1.54) is 0 Å². The minimum Gasteiger partial charge on any atom is -0.480 e. The smallest absolute Gasteiger partial charge is 0.320 e. The van der Waals surface area contributed by atoms with E-state index in [2.05, 4.69) is 0 Å². The van der Waals surface area contributed by atoms with Crippen LogP contribution in [-0.2, 0) is 4.79 Å². The number of carbonyl (C=O) groups is 1. The molecule has 0 heterocycles. The van der Waals surface area contributed by atoms with Gasteiger partial charge in [0, 0.05) is 5.41 Å². The topological polar surface area (TPSA) is 63.3 Å². The maximum Gasteiger partial charge on any atom is 0.320 e. The number of aliphatic carboxylic acids is 1. The van der Waals surface area contributed by atoms with Gasteiger partial charge in [0.25, 0.3) is 0 Å². The van der Waals surface area contributed by atoms with Crippen LogP contribution < -0.4 is 5.73 Å². The van der Waals surface area contributed by atoms with E-state index >= 15 is 0 Å². The first-order valence-corrected chi connectivity index (χ1v) is 3.22. The maximum absolute atomic E-state index is 10.3. The lowest BCUT2D eigenvalue weighted by Gasteiger charge is -2.11. The zero-order chi connectivity index (χ0) is 7.78. The number of hydrogen-bond donors (Lipinski definition) is 2. The number of allylic oxidation sites excluding steroid dienone is 2. The summed E-state index contributed by atoms with van der Waals surface area (Å²) in [7, 11) is 0. The molecule has 3 heteroatoms. The molecule has 1 aliphatic rings. The molecule has 0 saturated heterocycles. The third-order valence-electron chi connectivity index (χ3n) is 1.71. The summed E-state index contributed by atoms with van der Waals surface area (Å²) >= 11 is 0. The number of rotatable bonds is 3. The number of carboxylic acid groups (broad SMARTS) is 1. The minimum absolute atomic E-state index is 0.00218. The van der Waals surface area contributed by atoms with Crippen LogP contribution in [-0.4, -0.2) is 17.1 Å². The molecule has 3 nitrogen and oxygen atoms in total. The van der Waals surface area contributed by atoms with Gasteiger partial charge >= 0.3 is 5.97 Å². The highest BCUT2D eigenvalue weighted by atomic mass is 16.4. The fraction of sp³-hybridized carbons (Fsp3) is 0.571. The Balaban J connectivity index is 2.32. The van der Waals surface area contributed by atoms with Crippen LogP contribution in [0.1, 0.15) is 13.3 Å². The standard InChI is InChI=1S/C7H11NO2/c1-7(2-3-7)4-5(8)6(9)10/h2-3,5H,4,8H2,1H3,(H,9,10)/t5-/m0/s1. The van der Waals surface area contributed by atoms with Crippen molar-refractivity contribution >= 4 is 5.97 Å². The zero-order valence-electron chi connectivity index (χ0n) is 5.87. The largest absolute Gasteiger partial charge is 0.480 e. The Bertz CT molecular complexity index is 180. The summed E-state index contributed by atoms with van der Waals surface area (Å²) in [5, 5.41) is 8.42. The highest BCUT2D eigenvalue weighted by Gasteiger charge is 2.32. The van der Waals surface area contributed by atoms with Crippen LogP contribution in [0.4, 0.5) is 0 Å². The van der Waals surface area contributed by atoms with E-state index in [1.54, 1.807) is 0 Å². The molecule has 0 aromatic heterocycles. The first kappa shape index (κ1) is 7.28. The predicted molar refractivity (Wildman–Crippen MR) is 37.5 cm³/mol. The number of nitrogens with two attached hydrogens (primary N) is 1. The molecule has 1 atom stereocenters. The number of carboxylic acids is 1.